The van der Waals surface area contributed by atoms with Crippen LogP contribution < -0.4 is 0 Å². The Balaban J connectivity index is 2.11. The van der Waals surface area contributed by atoms with E-state index >= 15 is 0 Å². The molecule has 0 saturated heterocycles. The second-order valence-electron chi connectivity index (χ2n) is 3.07. The van der Waals surface area contributed by atoms with Crippen LogP contribution in [0.4, 0.5) is 0 Å². The van der Waals surface area contributed by atoms with Crippen LogP contribution in [0.5, 0.6) is 0 Å². The zero-order chi connectivity index (χ0) is 8.55. The first-order valence-electron chi connectivity index (χ1n) is 3.92. The third-order valence-electron chi connectivity index (χ3n) is 2.22. The molecule has 2 unspecified atom stereocenters. The Bertz CT molecular complexity index is 297. The lowest BCUT2D eigenvalue weighted by atomic mass is 10.1. The zero-order valence-corrected chi connectivity index (χ0v) is 6.47. The van der Waals surface area contributed by atoms with Gasteiger partial charge in [0.15, 0.2) is 0 Å². The quantitative estimate of drug-likeness (QED) is 0.714. The Labute approximate surface area is 70.1 Å². The van der Waals surface area contributed by atoms with Crippen LogP contribution in [-0.2, 0) is 4.79 Å². The molecule has 62 valence electrons. The van der Waals surface area contributed by atoms with E-state index in [0.717, 1.165) is 12.0 Å². The zero-order valence-electron chi connectivity index (χ0n) is 6.47. The van der Waals surface area contributed by atoms with Crippen LogP contribution in [-0.4, -0.2) is 16.1 Å². The second-order valence-corrected chi connectivity index (χ2v) is 3.07. The minimum atomic E-state index is -0.691. The van der Waals surface area contributed by atoms with Gasteiger partial charge in [0.1, 0.15) is 0 Å². The maximum Gasteiger partial charge on any atom is 0.307 e. The topological polar surface area (TPSA) is 50.2 Å². The van der Waals surface area contributed by atoms with Gasteiger partial charge in [-0.25, -0.2) is 0 Å². The Kier molecular flexibility index (Phi) is 1.57. The molecule has 1 N–H and O–H groups in total. The summed E-state index contributed by atoms with van der Waals surface area (Å²) in [5.74, 6) is -0.658. The van der Waals surface area contributed by atoms with Gasteiger partial charge in [0.2, 0.25) is 0 Å². The summed E-state index contributed by atoms with van der Waals surface area (Å²) in [6, 6.07) is 3.77. The lowest BCUT2D eigenvalue weighted by Gasteiger charge is -1.94. The highest BCUT2D eigenvalue weighted by atomic mass is 16.4. The fraction of sp³-hybridized carbons (Fsp3) is 0.333. The summed E-state index contributed by atoms with van der Waals surface area (Å²) in [5, 5.41) is 8.66. The van der Waals surface area contributed by atoms with Crippen molar-refractivity contribution in [3.63, 3.8) is 0 Å². The number of aromatic nitrogens is 1. The number of aliphatic carboxylic acids is 1. The van der Waals surface area contributed by atoms with E-state index in [4.69, 9.17) is 5.11 Å². The molecule has 1 aromatic rings. The Hall–Kier alpha value is -1.38. The molecule has 1 fully saturated rings. The van der Waals surface area contributed by atoms with Crippen molar-refractivity contribution in [3.8, 4) is 0 Å². The molecule has 0 bridgehead atoms. The monoisotopic (exact) mass is 163 g/mol. The summed E-state index contributed by atoms with van der Waals surface area (Å²) in [4.78, 5) is 14.5. The first-order chi connectivity index (χ1) is 5.79. The van der Waals surface area contributed by atoms with Crippen LogP contribution in [0.1, 0.15) is 17.9 Å². The molecule has 2 rings (SSSR count). The van der Waals surface area contributed by atoms with Crippen molar-refractivity contribution in [2.45, 2.75) is 12.3 Å². The van der Waals surface area contributed by atoms with Gasteiger partial charge in [-0.3, -0.25) is 9.78 Å². The molecule has 0 radical (unpaired) electrons. The highest BCUT2D eigenvalue weighted by molar-refractivity contribution is 5.75. The van der Waals surface area contributed by atoms with Gasteiger partial charge in [-0.1, -0.05) is 6.07 Å². The van der Waals surface area contributed by atoms with Gasteiger partial charge in [-0.05, 0) is 24.0 Å². The maximum absolute atomic E-state index is 10.5. The standard InChI is InChI=1S/C9H9NO2/c11-9(12)8-4-7(8)6-2-1-3-10-5-6/h1-3,5,7-8H,4H2,(H,11,12). The third-order valence-corrected chi connectivity index (χ3v) is 2.22. The summed E-state index contributed by atoms with van der Waals surface area (Å²) in [5.41, 5.74) is 1.05. The summed E-state index contributed by atoms with van der Waals surface area (Å²) >= 11 is 0. The average Bonchev–Trinajstić information content (AvgIpc) is 2.84. The molecule has 1 saturated carbocycles. The molecule has 1 heterocycles. The van der Waals surface area contributed by atoms with Gasteiger partial charge in [0, 0.05) is 12.4 Å². The minimum Gasteiger partial charge on any atom is -0.481 e. The van der Waals surface area contributed by atoms with E-state index in [9.17, 15) is 4.79 Å². The molecule has 0 aromatic carbocycles. The highest BCUT2D eigenvalue weighted by Crippen LogP contribution is 2.47. The summed E-state index contributed by atoms with van der Waals surface area (Å²) in [7, 11) is 0. The van der Waals surface area contributed by atoms with E-state index in [2.05, 4.69) is 4.98 Å². The molecule has 0 aliphatic heterocycles. The lowest BCUT2D eigenvalue weighted by molar-refractivity contribution is -0.138. The fourth-order valence-corrected chi connectivity index (χ4v) is 1.43. The minimum absolute atomic E-state index is 0.172. The average molecular weight is 163 g/mol. The number of nitrogens with zero attached hydrogens (tertiary/aromatic N) is 1. The third kappa shape index (κ3) is 1.18. The number of rotatable bonds is 2. The van der Waals surface area contributed by atoms with Gasteiger partial charge in [0.05, 0.1) is 5.92 Å². The molecular weight excluding hydrogens is 154 g/mol. The molecule has 12 heavy (non-hydrogen) atoms. The fourth-order valence-electron chi connectivity index (χ4n) is 1.43. The van der Waals surface area contributed by atoms with Crippen molar-refractivity contribution in [2.75, 3.05) is 0 Å². The number of hydrogen-bond donors (Lipinski definition) is 1. The van der Waals surface area contributed by atoms with E-state index in [1.165, 1.54) is 0 Å². The number of carboxylic acid groups (broad SMARTS) is 1. The summed E-state index contributed by atoms with van der Waals surface area (Å²) in [6.45, 7) is 0. The van der Waals surface area contributed by atoms with E-state index in [-0.39, 0.29) is 11.8 Å². The van der Waals surface area contributed by atoms with E-state index in [0.29, 0.717) is 0 Å². The van der Waals surface area contributed by atoms with Crippen molar-refractivity contribution in [2.24, 2.45) is 5.92 Å². The molecule has 1 aromatic heterocycles. The molecule has 1 aliphatic carbocycles. The van der Waals surface area contributed by atoms with Crippen LogP contribution in [0.3, 0.4) is 0 Å². The van der Waals surface area contributed by atoms with E-state index in [1.807, 2.05) is 12.1 Å². The number of carbonyl (C=O) groups is 1. The Morgan fingerprint density at radius 1 is 1.67 bits per heavy atom. The maximum atomic E-state index is 10.5. The van der Waals surface area contributed by atoms with Crippen LogP contribution in [0.15, 0.2) is 24.5 Å². The SMILES string of the molecule is O=C(O)C1CC1c1cccnc1. The van der Waals surface area contributed by atoms with Gasteiger partial charge >= 0.3 is 5.97 Å². The second kappa shape index (κ2) is 2.59. The molecule has 0 spiro atoms. The van der Waals surface area contributed by atoms with Crippen LogP contribution in [0, 0.1) is 5.92 Å². The first-order valence-corrected chi connectivity index (χ1v) is 3.92. The largest absolute Gasteiger partial charge is 0.481 e. The summed E-state index contributed by atoms with van der Waals surface area (Å²) in [6.07, 6.45) is 4.20. The van der Waals surface area contributed by atoms with Crippen molar-refractivity contribution in [1.29, 1.82) is 0 Å². The lowest BCUT2D eigenvalue weighted by Crippen LogP contribution is -1.98. The van der Waals surface area contributed by atoms with Crippen molar-refractivity contribution < 1.29 is 9.90 Å². The van der Waals surface area contributed by atoms with Crippen LogP contribution in [0.25, 0.3) is 0 Å². The molecule has 2 atom stereocenters. The first kappa shape index (κ1) is 7.28. The van der Waals surface area contributed by atoms with E-state index in [1.54, 1.807) is 12.4 Å². The Morgan fingerprint density at radius 2 is 2.50 bits per heavy atom. The molecule has 3 heteroatoms. The number of pyridine rings is 1. The predicted molar refractivity (Wildman–Crippen MR) is 42.7 cm³/mol. The highest BCUT2D eigenvalue weighted by Gasteiger charge is 2.44. The number of hydrogen-bond acceptors (Lipinski definition) is 2. The summed E-state index contributed by atoms with van der Waals surface area (Å²) < 4.78 is 0. The van der Waals surface area contributed by atoms with Crippen LogP contribution >= 0.6 is 0 Å². The van der Waals surface area contributed by atoms with Gasteiger partial charge in [-0.2, -0.15) is 0 Å². The van der Waals surface area contributed by atoms with Gasteiger partial charge in [-0.15, -0.1) is 0 Å². The molecule has 0 amide bonds. The van der Waals surface area contributed by atoms with E-state index < -0.39 is 5.97 Å². The molecule has 1 aliphatic rings. The smallest absolute Gasteiger partial charge is 0.307 e. The van der Waals surface area contributed by atoms with Crippen LogP contribution in [0.2, 0.25) is 0 Å². The molecule has 3 nitrogen and oxygen atoms in total. The van der Waals surface area contributed by atoms with Gasteiger partial charge < -0.3 is 5.11 Å². The Morgan fingerprint density at radius 3 is 3.00 bits per heavy atom. The number of carboxylic acids is 1. The van der Waals surface area contributed by atoms with Crippen molar-refractivity contribution in [1.82, 2.24) is 4.98 Å². The van der Waals surface area contributed by atoms with Crippen molar-refractivity contribution >= 4 is 5.97 Å². The predicted octanol–water partition coefficient (Wildman–Crippen LogP) is 1.27. The molecular formula is C9H9NO2. The normalized spacial score (nSPS) is 26.7. The van der Waals surface area contributed by atoms with Crippen molar-refractivity contribution in [3.05, 3.63) is 30.1 Å². The van der Waals surface area contributed by atoms with Gasteiger partial charge in [0.25, 0.3) is 0 Å².